The molecule has 2 aromatic carbocycles. The fourth-order valence-electron chi connectivity index (χ4n) is 4.88. The average Bonchev–Trinajstić information content (AvgIpc) is 2.75. The number of aromatic nitrogens is 2. The molecule has 2 fully saturated rings. The SMILES string of the molecule is C[C@H]1CCCCN1c1nc(N2CC(N(C)C)C2)nc2c(F)c(-c3c(O)cccc3F)c(Cl)cc12. The van der Waals surface area contributed by atoms with Crippen molar-refractivity contribution in [3.05, 3.63) is 40.9 Å². The first kappa shape index (κ1) is 23.1. The number of hydrogen-bond donors (Lipinski definition) is 1. The van der Waals surface area contributed by atoms with Crippen LogP contribution in [0.1, 0.15) is 26.2 Å². The monoisotopic (exact) mass is 487 g/mol. The fourth-order valence-corrected chi connectivity index (χ4v) is 5.16. The quantitative estimate of drug-likeness (QED) is 0.555. The number of rotatable bonds is 4. The van der Waals surface area contributed by atoms with Crippen molar-refractivity contribution in [2.45, 2.75) is 38.3 Å². The minimum absolute atomic E-state index is 0.00397. The van der Waals surface area contributed by atoms with Crippen LogP contribution < -0.4 is 9.80 Å². The number of phenols is 1. The molecule has 9 heteroatoms. The Bertz CT molecular complexity index is 1230. The van der Waals surface area contributed by atoms with Gasteiger partial charge in [-0.3, -0.25) is 0 Å². The minimum atomic E-state index is -0.762. The van der Waals surface area contributed by atoms with Crippen LogP contribution in [0.25, 0.3) is 22.0 Å². The third kappa shape index (κ3) is 3.82. The van der Waals surface area contributed by atoms with Gasteiger partial charge in [-0.2, -0.15) is 4.98 Å². The van der Waals surface area contributed by atoms with Crippen LogP contribution in [0.5, 0.6) is 5.75 Å². The molecule has 5 rings (SSSR count). The summed E-state index contributed by atoms with van der Waals surface area (Å²) in [4.78, 5) is 15.8. The summed E-state index contributed by atoms with van der Waals surface area (Å²) in [6.45, 7) is 4.43. The third-order valence-electron chi connectivity index (χ3n) is 7.04. The van der Waals surface area contributed by atoms with Crippen LogP contribution in [0.2, 0.25) is 5.02 Å². The highest BCUT2D eigenvalue weighted by atomic mass is 35.5. The highest BCUT2D eigenvalue weighted by molar-refractivity contribution is 6.34. The van der Waals surface area contributed by atoms with E-state index in [0.29, 0.717) is 23.2 Å². The highest BCUT2D eigenvalue weighted by Gasteiger charge is 2.33. The molecule has 0 unspecified atom stereocenters. The Kier molecular flexibility index (Phi) is 5.98. The number of halogens is 3. The molecule has 34 heavy (non-hydrogen) atoms. The summed E-state index contributed by atoms with van der Waals surface area (Å²) in [6, 6.07) is 6.05. The van der Waals surface area contributed by atoms with Crippen molar-refractivity contribution in [3.8, 4) is 16.9 Å². The first-order chi connectivity index (χ1) is 16.3. The maximum absolute atomic E-state index is 16.1. The summed E-state index contributed by atoms with van der Waals surface area (Å²) >= 11 is 6.52. The first-order valence-corrected chi connectivity index (χ1v) is 12.0. The van der Waals surface area contributed by atoms with Crippen LogP contribution in [0.3, 0.4) is 0 Å². The van der Waals surface area contributed by atoms with E-state index in [2.05, 4.69) is 21.7 Å². The Morgan fingerprint density at radius 3 is 2.56 bits per heavy atom. The van der Waals surface area contributed by atoms with Crippen LogP contribution in [0.15, 0.2) is 24.3 Å². The Morgan fingerprint density at radius 1 is 1.12 bits per heavy atom. The van der Waals surface area contributed by atoms with Gasteiger partial charge in [0.05, 0.1) is 10.6 Å². The maximum atomic E-state index is 16.1. The molecule has 2 saturated heterocycles. The smallest absolute Gasteiger partial charge is 0.228 e. The van der Waals surface area contributed by atoms with Gasteiger partial charge in [-0.15, -0.1) is 0 Å². The highest BCUT2D eigenvalue weighted by Crippen LogP contribution is 2.43. The summed E-state index contributed by atoms with van der Waals surface area (Å²) in [5.41, 5.74) is -0.383. The van der Waals surface area contributed by atoms with E-state index in [1.54, 1.807) is 6.07 Å². The molecule has 180 valence electrons. The van der Waals surface area contributed by atoms with E-state index in [9.17, 15) is 9.50 Å². The molecule has 1 atom stereocenters. The van der Waals surface area contributed by atoms with Crippen molar-refractivity contribution in [3.63, 3.8) is 0 Å². The van der Waals surface area contributed by atoms with Crippen molar-refractivity contribution in [1.29, 1.82) is 0 Å². The molecule has 6 nitrogen and oxygen atoms in total. The van der Waals surface area contributed by atoms with Gasteiger partial charge in [-0.1, -0.05) is 17.7 Å². The van der Waals surface area contributed by atoms with Crippen LogP contribution in [-0.2, 0) is 0 Å². The normalized spacial score (nSPS) is 19.2. The summed E-state index contributed by atoms with van der Waals surface area (Å²) in [7, 11) is 4.05. The maximum Gasteiger partial charge on any atom is 0.228 e. The van der Waals surface area contributed by atoms with Gasteiger partial charge in [0.15, 0.2) is 5.82 Å². The average molecular weight is 488 g/mol. The zero-order valence-electron chi connectivity index (χ0n) is 19.5. The van der Waals surface area contributed by atoms with Crippen LogP contribution in [0, 0.1) is 11.6 Å². The lowest BCUT2D eigenvalue weighted by molar-refractivity contribution is 0.245. The number of fused-ring (bicyclic) bond motifs is 1. The number of nitrogens with zero attached hydrogens (tertiary/aromatic N) is 5. The van der Waals surface area contributed by atoms with Crippen molar-refractivity contribution in [2.24, 2.45) is 0 Å². The number of likely N-dealkylation sites (N-methyl/N-ethyl adjacent to an activating group) is 1. The molecule has 0 bridgehead atoms. The topological polar surface area (TPSA) is 55.7 Å². The summed E-state index contributed by atoms with van der Waals surface area (Å²) < 4.78 is 30.8. The number of aromatic hydroxyl groups is 1. The first-order valence-electron chi connectivity index (χ1n) is 11.6. The van der Waals surface area contributed by atoms with Crippen molar-refractivity contribution < 1.29 is 13.9 Å². The van der Waals surface area contributed by atoms with Crippen LogP contribution in [-0.4, -0.2) is 65.8 Å². The van der Waals surface area contributed by atoms with Crippen LogP contribution >= 0.6 is 11.6 Å². The van der Waals surface area contributed by atoms with E-state index < -0.39 is 11.6 Å². The molecule has 0 spiro atoms. The Morgan fingerprint density at radius 2 is 1.88 bits per heavy atom. The third-order valence-corrected chi connectivity index (χ3v) is 7.34. The van der Waals surface area contributed by atoms with Gasteiger partial charge in [-0.05, 0) is 58.5 Å². The van der Waals surface area contributed by atoms with E-state index in [-0.39, 0.29) is 33.5 Å². The largest absolute Gasteiger partial charge is 0.507 e. The molecular weight excluding hydrogens is 460 g/mol. The van der Waals surface area contributed by atoms with Crippen molar-refractivity contribution >= 4 is 34.3 Å². The van der Waals surface area contributed by atoms with Crippen molar-refractivity contribution in [2.75, 3.05) is 43.5 Å². The molecule has 0 amide bonds. The zero-order chi connectivity index (χ0) is 24.1. The molecule has 2 aliphatic heterocycles. The van der Waals surface area contributed by atoms with E-state index in [4.69, 9.17) is 16.6 Å². The van der Waals surface area contributed by atoms with Gasteiger partial charge in [0.1, 0.15) is 22.9 Å². The number of phenolic OH excluding ortho intramolecular Hbond substituents is 1. The Hall–Kier alpha value is -2.71. The second-order valence-electron chi connectivity index (χ2n) is 9.49. The lowest BCUT2D eigenvalue weighted by atomic mass is 9.99. The molecular formula is C25H28ClF2N5O. The summed E-state index contributed by atoms with van der Waals surface area (Å²) in [6.07, 6.45) is 3.18. The van der Waals surface area contributed by atoms with Gasteiger partial charge < -0.3 is 19.8 Å². The Balaban J connectivity index is 1.72. The van der Waals surface area contributed by atoms with Crippen LogP contribution in [0.4, 0.5) is 20.5 Å². The zero-order valence-corrected chi connectivity index (χ0v) is 20.3. The van der Waals surface area contributed by atoms with E-state index in [1.165, 1.54) is 18.2 Å². The van der Waals surface area contributed by atoms with Gasteiger partial charge in [-0.25, -0.2) is 13.8 Å². The molecule has 1 N–H and O–H groups in total. The summed E-state index contributed by atoms with van der Waals surface area (Å²) in [5, 5.41) is 10.8. The van der Waals surface area contributed by atoms with Gasteiger partial charge in [0.2, 0.25) is 5.95 Å². The predicted molar refractivity (Wildman–Crippen MR) is 132 cm³/mol. The lowest BCUT2D eigenvalue weighted by Crippen LogP contribution is -2.58. The Labute approximate surface area is 202 Å². The van der Waals surface area contributed by atoms with Gasteiger partial charge >= 0.3 is 0 Å². The van der Waals surface area contributed by atoms with Gasteiger partial charge in [0.25, 0.3) is 0 Å². The lowest BCUT2D eigenvalue weighted by Gasteiger charge is -2.43. The fraction of sp³-hybridized carbons (Fsp3) is 0.440. The molecule has 2 aliphatic rings. The molecule has 0 saturated carbocycles. The standard InChI is InChI=1S/C25H28ClF2N5O/c1-14-7-4-5-10-33(14)24-16-11-17(26)20(21-18(27)8-6-9-19(21)34)22(28)23(16)29-25(30-24)32-12-15(13-32)31(2)3/h6,8-9,11,14-15,34H,4-5,7,10,12-13H2,1-3H3/t14-/m0/s1. The molecule has 3 aromatic rings. The van der Waals surface area contributed by atoms with Gasteiger partial charge in [0, 0.05) is 42.7 Å². The second-order valence-corrected chi connectivity index (χ2v) is 9.89. The predicted octanol–water partition coefficient (Wildman–Crippen LogP) is 5.06. The van der Waals surface area contributed by atoms with E-state index in [0.717, 1.165) is 38.9 Å². The van der Waals surface area contributed by atoms with Crippen molar-refractivity contribution in [1.82, 2.24) is 14.9 Å². The summed E-state index contributed by atoms with van der Waals surface area (Å²) in [5.74, 6) is -0.803. The number of anilines is 2. The molecule has 0 aliphatic carbocycles. The number of piperidine rings is 1. The number of hydrogen-bond acceptors (Lipinski definition) is 6. The van der Waals surface area contributed by atoms with E-state index >= 15 is 4.39 Å². The number of benzene rings is 2. The second kappa shape index (κ2) is 8.82. The van der Waals surface area contributed by atoms with E-state index in [1.807, 2.05) is 19.0 Å². The molecule has 1 aromatic heterocycles. The minimum Gasteiger partial charge on any atom is -0.507 e. The molecule has 3 heterocycles. The molecule has 0 radical (unpaired) electrons.